The normalized spacial score (nSPS) is 10.9. The minimum atomic E-state index is 0. The van der Waals surface area contributed by atoms with Gasteiger partial charge < -0.3 is 9.97 Å². The van der Waals surface area contributed by atoms with E-state index < -0.39 is 0 Å². The molecule has 4 nitrogen and oxygen atoms in total. The first-order valence-electron chi connectivity index (χ1n) is 12.6. The molecule has 5 heteroatoms. The minimum Gasteiger partial charge on any atom is -0.656 e. The van der Waals surface area contributed by atoms with Gasteiger partial charge in [0.05, 0.1) is 11.4 Å². The second-order valence-electron chi connectivity index (χ2n) is 9.09. The fourth-order valence-corrected chi connectivity index (χ4v) is 5.06. The number of fused-ring (bicyclic) bond motifs is 6. The molecular formula is C34H22N4Zn. The quantitative estimate of drug-likeness (QED) is 0.204. The topological polar surface area (TPSA) is 54.0 Å². The van der Waals surface area contributed by atoms with E-state index in [0.717, 1.165) is 44.6 Å². The Balaban J connectivity index is 0.000000138. The van der Waals surface area contributed by atoms with E-state index >= 15 is 0 Å². The van der Waals surface area contributed by atoms with E-state index in [0.29, 0.717) is 0 Å². The molecular weight excluding hydrogens is 530 g/mol. The van der Waals surface area contributed by atoms with Gasteiger partial charge in [-0.05, 0) is 56.9 Å². The van der Waals surface area contributed by atoms with Gasteiger partial charge in [-0.15, -0.1) is 22.1 Å². The first-order chi connectivity index (χ1) is 18.9. The maximum absolute atomic E-state index is 4.75. The zero-order valence-electron chi connectivity index (χ0n) is 21.2. The summed E-state index contributed by atoms with van der Waals surface area (Å²) in [6.07, 6.45) is 3.63. The molecule has 0 unspecified atom stereocenters. The van der Waals surface area contributed by atoms with Gasteiger partial charge in [0.25, 0.3) is 0 Å². The Hall–Kier alpha value is -4.60. The number of benzene rings is 4. The molecule has 0 bridgehead atoms. The van der Waals surface area contributed by atoms with Gasteiger partial charge >= 0.3 is 19.5 Å². The van der Waals surface area contributed by atoms with E-state index in [-0.39, 0.29) is 19.5 Å². The van der Waals surface area contributed by atoms with Crippen LogP contribution >= 0.6 is 0 Å². The first-order valence-corrected chi connectivity index (χ1v) is 12.6. The molecule has 4 aromatic carbocycles. The van der Waals surface area contributed by atoms with Gasteiger partial charge in [-0.2, -0.15) is 0 Å². The molecule has 0 radical (unpaired) electrons. The third-order valence-electron chi connectivity index (χ3n) is 6.81. The number of aromatic nitrogens is 4. The Labute approximate surface area is 238 Å². The van der Waals surface area contributed by atoms with Gasteiger partial charge in [0.1, 0.15) is 0 Å². The summed E-state index contributed by atoms with van der Waals surface area (Å²) in [7, 11) is 0. The average molecular weight is 552 g/mol. The van der Waals surface area contributed by atoms with Gasteiger partial charge in [0.2, 0.25) is 0 Å². The van der Waals surface area contributed by atoms with Crippen LogP contribution in [0, 0.1) is 0 Å². The summed E-state index contributed by atoms with van der Waals surface area (Å²) in [5, 5.41) is 4.79. The summed E-state index contributed by atoms with van der Waals surface area (Å²) < 4.78 is 0. The Morgan fingerprint density at radius 2 is 0.795 bits per heavy atom. The van der Waals surface area contributed by atoms with Crippen molar-refractivity contribution in [2.75, 3.05) is 0 Å². The van der Waals surface area contributed by atoms with Gasteiger partial charge in [-0.3, -0.25) is 9.97 Å². The number of pyridine rings is 2. The fourth-order valence-electron chi connectivity index (χ4n) is 5.06. The molecule has 0 amide bonds. The molecule has 0 aliphatic heterocycles. The number of hydrogen-bond acceptors (Lipinski definition) is 2. The summed E-state index contributed by atoms with van der Waals surface area (Å²) in [4.78, 5) is 18.4. The monoisotopic (exact) mass is 550 g/mol. The summed E-state index contributed by atoms with van der Waals surface area (Å²) in [5.41, 5.74) is 8.27. The van der Waals surface area contributed by atoms with E-state index in [1.54, 1.807) is 0 Å². The van der Waals surface area contributed by atoms with Crippen LogP contribution in [0.4, 0.5) is 0 Å². The Morgan fingerprint density at radius 1 is 0.385 bits per heavy atom. The van der Waals surface area contributed by atoms with Crippen LogP contribution < -0.4 is 9.97 Å². The Bertz CT molecular complexity index is 1880. The number of hydrogen-bond donors (Lipinski definition) is 0. The van der Waals surface area contributed by atoms with Crippen LogP contribution in [0.5, 0.6) is 0 Å². The summed E-state index contributed by atoms with van der Waals surface area (Å²) >= 11 is 0. The average Bonchev–Trinajstić information content (AvgIpc) is 3.57. The Morgan fingerprint density at radius 3 is 1.23 bits per heavy atom. The second-order valence-corrected chi connectivity index (χ2v) is 9.09. The van der Waals surface area contributed by atoms with Crippen LogP contribution in [0.2, 0.25) is 0 Å². The van der Waals surface area contributed by atoms with Crippen LogP contribution in [0.15, 0.2) is 134 Å². The summed E-state index contributed by atoms with van der Waals surface area (Å²) in [6.45, 7) is 0. The van der Waals surface area contributed by atoms with Crippen LogP contribution in [-0.2, 0) is 19.5 Å². The molecule has 180 valence electrons. The molecule has 0 aliphatic carbocycles. The number of para-hydroxylation sites is 4. The van der Waals surface area contributed by atoms with E-state index in [4.69, 9.17) is 9.97 Å². The molecule has 0 saturated heterocycles. The zero-order valence-corrected chi connectivity index (χ0v) is 24.2. The smallest absolute Gasteiger partial charge is 0.656 e. The predicted molar refractivity (Wildman–Crippen MR) is 156 cm³/mol. The molecule has 8 rings (SSSR count). The summed E-state index contributed by atoms with van der Waals surface area (Å²) in [6, 6.07) is 40.9. The first kappa shape index (κ1) is 24.7. The Kier molecular flexibility index (Phi) is 6.75. The predicted octanol–water partition coefficient (Wildman–Crippen LogP) is 8.02. The van der Waals surface area contributed by atoms with Crippen molar-refractivity contribution in [3.63, 3.8) is 0 Å². The van der Waals surface area contributed by atoms with E-state index in [1.165, 1.54) is 21.5 Å². The molecule has 0 spiro atoms. The molecule has 0 saturated carbocycles. The molecule has 0 aliphatic rings. The van der Waals surface area contributed by atoms with Crippen molar-refractivity contribution < 1.29 is 19.5 Å². The molecule has 0 N–H and O–H groups in total. The number of rotatable bonds is 2. The number of nitrogens with zero attached hydrogens (tertiary/aromatic N) is 4. The maximum atomic E-state index is 4.75. The van der Waals surface area contributed by atoms with Crippen molar-refractivity contribution >= 4 is 43.6 Å². The molecule has 39 heavy (non-hydrogen) atoms. The van der Waals surface area contributed by atoms with Gasteiger partial charge in [0.15, 0.2) is 0 Å². The van der Waals surface area contributed by atoms with Crippen LogP contribution in [-0.4, -0.2) is 9.97 Å². The van der Waals surface area contributed by atoms with E-state index in [2.05, 4.69) is 82.8 Å². The van der Waals surface area contributed by atoms with Crippen LogP contribution in [0.1, 0.15) is 0 Å². The fraction of sp³-hybridized carbons (Fsp3) is 0. The SMILES string of the molecule is [Zn+2].c1ccc(-c2cccc3c2[n-]c2ccccc23)nc1.c1ccc(-c2cccc3c2[n-]c2ccccc23)nc1. The summed E-state index contributed by atoms with van der Waals surface area (Å²) in [5.74, 6) is 0. The van der Waals surface area contributed by atoms with Crippen LogP contribution in [0.25, 0.3) is 66.1 Å². The molecule has 4 aromatic heterocycles. The molecule has 4 heterocycles. The third kappa shape index (κ3) is 4.52. The van der Waals surface area contributed by atoms with Gasteiger partial charge in [-0.25, -0.2) is 0 Å². The van der Waals surface area contributed by atoms with Crippen molar-refractivity contribution in [2.45, 2.75) is 0 Å². The van der Waals surface area contributed by atoms with Crippen LogP contribution in [0.3, 0.4) is 0 Å². The van der Waals surface area contributed by atoms with Crippen molar-refractivity contribution in [1.82, 2.24) is 19.9 Å². The van der Waals surface area contributed by atoms with E-state index in [9.17, 15) is 0 Å². The second kappa shape index (κ2) is 10.6. The van der Waals surface area contributed by atoms with E-state index in [1.807, 2.05) is 60.9 Å². The van der Waals surface area contributed by atoms with Crippen molar-refractivity contribution in [3.8, 4) is 22.5 Å². The molecule has 8 aromatic rings. The molecule has 0 atom stereocenters. The standard InChI is InChI=1S/2C17H11N2.Zn/c2*1-2-10-16-12(6-1)13-7-5-8-14(17(13)19-16)15-9-3-4-11-18-15;/h2*1-11H;/q2*-1;+2. The largest absolute Gasteiger partial charge is 2.00 e. The molecule has 0 fully saturated rings. The third-order valence-corrected chi connectivity index (χ3v) is 6.81. The van der Waals surface area contributed by atoms with Crippen molar-refractivity contribution in [2.24, 2.45) is 0 Å². The maximum Gasteiger partial charge on any atom is 2.00 e. The van der Waals surface area contributed by atoms with Crippen molar-refractivity contribution in [3.05, 3.63) is 134 Å². The van der Waals surface area contributed by atoms with Crippen molar-refractivity contribution in [1.29, 1.82) is 0 Å². The van der Waals surface area contributed by atoms with Gasteiger partial charge in [0, 0.05) is 12.4 Å². The minimum absolute atomic E-state index is 0. The van der Waals surface area contributed by atoms with Gasteiger partial charge in [-0.1, -0.05) is 97.1 Å². The zero-order chi connectivity index (χ0) is 25.3.